The Bertz CT molecular complexity index is 160. The van der Waals surface area contributed by atoms with Gasteiger partial charge in [0.2, 0.25) is 0 Å². The molecule has 3 heteroatoms. The van der Waals surface area contributed by atoms with Gasteiger partial charge in [-0.2, -0.15) is 0 Å². The highest BCUT2D eigenvalue weighted by atomic mass is 15.2. The molecule has 0 spiro atoms. The Morgan fingerprint density at radius 3 is 2.57 bits per heavy atom. The maximum Gasteiger partial charge on any atom is 0.0135 e. The summed E-state index contributed by atoms with van der Waals surface area (Å²) in [6, 6.07) is 0.826. The smallest absolute Gasteiger partial charge is 0.0135 e. The Hall–Kier alpha value is -0.120. The Balaban J connectivity index is 1.89. The molecule has 82 valence electrons. The summed E-state index contributed by atoms with van der Waals surface area (Å²) in [7, 11) is 0. The third-order valence-corrected chi connectivity index (χ3v) is 3.68. The fourth-order valence-corrected chi connectivity index (χ4v) is 2.91. The van der Waals surface area contributed by atoms with Gasteiger partial charge in [0, 0.05) is 32.2 Å². The van der Waals surface area contributed by atoms with E-state index in [9.17, 15) is 0 Å². The van der Waals surface area contributed by atoms with Crippen LogP contribution in [0.5, 0.6) is 0 Å². The molecule has 0 amide bonds. The minimum Gasteiger partial charge on any atom is -0.316 e. The van der Waals surface area contributed by atoms with Gasteiger partial charge in [0.05, 0.1) is 0 Å². The van der Waals surface area contributed by atoms with Crippen molar-refractivity contribution in [1.82, 2.24) is 15.5 Å². The van der Waals surface area contributed by atoms with Crippen LogP contribution < -0.4 is 10.6 Å². The minimum atomic E-state index is 0.826. The predicted molar refractivity (Wildman–Crippen MR) is 59.5 cm³/mol. The first kappa shape index (κ1) is 10.4. The number of rotatable bonds is 3. The van der Waals surface area contributed by atoms with Crippen LogP contribution in [0.4, 0.5) is 0 Å². The van der Waals surface area contributed by atoms with Crippen LogP contribution in [0, 0.1) is 5.92 Å². The normalized spacial score (nSPS) is 31.9. The molecule has 2 rings (SSSR count). The largest absolute Gasteiger partial charge is 0.316 e. The van der Waals surface area contributed by atoms with Crippen LogP contribution in [0.2, 0.25) is 0 Å². The van der Waals surface area contributed by atoms with Gasteiger partial charge in [-0.15, -0.1) is 0 Å². The van der Waals surface area contributed by atoms with Crippen molar-refractivity contribution in [1.29, 1.82) is 0 Å². The summed E-state index contributed by atoms with van der Waals surface area (Å²) in [5.74, 6) is 0.901. The molecule has 2 aliphatic rings. The average molecular weight is 197 g/mol. The molecule has 2 heterocycles. The molecule has 2 aliphatic heterocycles. The number of nitrogens with zero attached hydrogens (tertiary/aromatic N) is 1. The number of hydrogen-bond acceptors (Lipinski definition) is 3. The zero-order valence-corrected chi connectivity index (χ0v) is 9.26. The zero-order chi connectivity index (χ0) is 9.80. The Kier molecular flexibility index (Phi) is 3.79. The summed E-state index contributed by atoms with van der Waals surface area (Å²) < 4.78 is 0. The molecular weight excluding hydrogens is 174 g/mol. The van der Waals surface area contributed by atoms with Crippen LogP contribution in [-0.2, 0) is 0 Å². The van der Waals surface area contributed by atoms with Crippen molar-refractivity contribution >= 4 is 0 Å². The molecule has 3 nitrogen and oxygen atoms in total. The van der Waals surface area contributed by atoms with Crippen LogP contribution in [-0.4, -0.2) is 50.2 Å². The molecule has 2 N–H and O–H groups in total. The first-order valence-electron chi connectivity index (χ1n) is 6.07. The van der Waals surface area contributed by atoms with Gasteiger partial charge in [-0.05, 0) is 31.8 Å². The lowest BCUT2D eigenvalue weighted by Gasteiger charge is -2.37. The molecule has 14 heavy (non-hydrogen) atoms. The van der Waals surface area contributed by atoms with Gasteiger partial charge in [0.1, 0.15) is 0 Å². The van der Waals surface area contributed by atoms with E-state index < -0.39 is 0 Å². The summed E-state index contributed by atoms with van der Waals surface area (Å²) in [5.41, 5.74) is 0. The van der Waals surface area contributed by atoms with E-state index in [0.29, 0.717) is 0 Å². The van der Waals surface area contributed by atoms with Crippen molar-refractivity contribution in [3.63, 3.8) is 0 Å². The lowest BCUT2D eigenvalue weighted by Crippen LogP contribution is -2.51. The average Bonchev–Trinajstić information content (AvgIpc) is 2.74. The molecule has 0 aromatic rings. The topological polar surface area (TPSA) is 27.3 Å². The number of nitrogens with one attached hydrogen (secondary N) is 2. The molecular formula is C11H23N3. The third kappa shape index (κ3) is 2.27. The highest BCUT2D eigenvalue weighted by Crippen LogP contribution is 2.21. The Morgan fingerprint density at radius 2 is 2.00 bits per heavy atom. The fourth-order valence-electron chi connectivity index (χ4n) is 2.91. The van der Waals surface area contributed by atoms with Crippen LogP contribution in [0.15, 0.2) is 0 Å². The van der Waals surface area contributed by atoms with Gasteiger partial charge in [0.25, 0.3) is 0 Å². The molecule has 2 fully saturated rings. The van der Waals surface area contributed by atoms with Gasteiger partial charge in [0.15, 0.2) is 0 Å². The van der Waals surface area contributed by atoms with Crippen molar-refractivity contribution < 1.29 is 0 Å². The van der Waals surface area contributed by atoms with Gasteiger partial charge in [-0.25, -0.2) is 0 Å². The SMILES string of the molecule is CCC(C1CCNC1)N1CCNCC1. The van der Waals surface area contributed by atoms with Gasteiger partial charge in [-0.3, -0.25) is 4.90 Å². The first-order valence-corrected chi connectivity index (χ1v) is 6.07. The predicted octanol–water partition coefficient (Wildman–Crippen LogP) is 0.280. The van der Waals surface area contributed by atoms with Crippen LogP contribution in [0.3, 0.4) is 0 Å². The van der Waals surface area contributed by atoms with E-state index in [4.69, 9.17) is 0 Å². The fraction of sp³-hybridized carbons (Fsp3) is 1.00. The highest BCUT2D eigenvalue weighted by Gasteiger charge is 2.28. The van der Waals surface area contributed by atoms with Crippen molar-refractivity contribution in [3.8, 4) is 0 Å². The van der Waals surface area contributed by atoms with E-state index in [1.54, 1.807) is 0 Å². The molecule has 0 aromatic carbocycles. The highest BCUT2D eigenvalue weighted by molar-refractivity contribution is 4.86. The second-order valence-electron chi connectivity index (χ2n) is 4.51. The first-order chi connectivity index (χ1) is 6.92. The summed E-state index contributed by atoms with van der Waals surface area (Å²) in [4.78, 5) is 2.69. The van der Waals surface area contributed by atoms with E-state index in [0.717, 1.165) is 12.0 Å². The molecule has 0 radical (unpaired) electrons. The van der Waals surface area contributed by atoms with E-state index in [2.05, 4.69) is 22.5 Å². The van der Waals surface area contributed by atoms with E-state index in [1.165, 1.54) is 52.1 Å². The third-order valence-electron chi connectivity index (χ3n) is 3.68. The second kappa shape index (κ2) is 5.10. The van der Waals surface area contributed by atoms with Gasteiger partial charge in [-0.1, -0.05) is 6.92 Å². The molecule has 0 aliphatic carbocycles. The van der Waals surface area contributed by atoms with Crippen LogP contribution in [0.25, 0.3) is 0 Å². The van der Waals surface area contributed by atoms with Crippen molar-refractivity contribution in [3.05, 3.63) is 0 Å². The van der Waals surface area contributed by atoms with Gasteiger partial charge >= 0.3 is 0 Å². The van der Waals surface area contributed by atoms with Crippen molar-refractivity contribution in [2.45, 2.75) is 25.8 Å². The molecule has 2 saturated heterocycles. The van der Waals surface area contributed by atoms with Crippen molar-refractivity contribution in [2.75, 3.05) is 39.3 Å². The van der Waals surface area contributed by atoms with E-state index >= 15 is 0 Å². The lowest BCUT2D eigenvalue weighted by atomic mass is 9.94. The number of piperazine rings is 1. The lowest BCUT2D eigenvalue weighted by molar-refractivity contribution is 0.126. The maximum absolute atomic E-state index is 3.48. The molecule has 0 bridgehead atoms. The second-order valence-corrected chi connectivity index (χ2v) is 4.51. The van der Waals surface area contributed by atoms with Crippen LogP contribution in [0.1, 0.15) is 19.8 Å². The zero-order valence-electron chi connectivity index (χ0n) is 9.26. The molecule has 2 unspecified atom stereocenters. The summed E-state index contributed by atoms with van der Waals surface area (Å²) >= 11 is 0. The Labute approximate surface area is 87.2 Å². The summed E-state index contributed by atoms with van der Waals surface area (Å²) in [6.45, 7) is 9.65. The monoisotopic (exact) mass is 197 g/mol. The molecule has 0 aromatic heterocycles. The van der Waals surface area contributed by atoms with Crippen molar-refractivity contribution in [2.24, 2.45) is 5.92 Å². The standard InChI is InChI=1S/C11H23N3/c1-2-11(10-3-4-13-9-10)14-7-5-12-6-8-14/h10-13H,2-9H2,1H3. The van der Waals surface area contributed by atoms with E-state index in [-0.39, 0.29) is 0 Å². The summed E-state index contributed by atoms with van der Waals surface area (Å²) in [6.07, 6.45) is 2.69. The molecule has 0 saturated carbocycles. The van der Waals surface area contributed by atoms with Crippen LogP contribution >= 0.6 is 0 Å². The number of hydrogen-bond donors (Lipinski definition) is 2. The van der Waals surface area contributed by atoms with Gasteiger partial charge < -0.3 is 10.6 Å². The molecule has 2 atom stereocenters. The quantitative estimate of drug-likeness (QED) is 0.680. The van der Waals surface area contributed by atoms with E-state index in [1.807, 2.05) is 0 Å². The summed E-state index contributed by atoms with van der Waals surface area (Å²) in [5, 5.41) is 6.91. The maximum atomic E-state index is 3.48. The Morgan fingerprint density at radius 1 is 1.21 bits per heavy atom. The minimum absolute atomic E-state index is 0.826.